The molecule has 3 heterocycles. The van der Waals surface area contributed by atoms with Gasteiger partial charge in [0.2, 0.25) is 5.91 Å². The van der Waals surface area contributed by atoms with Gasteiger partial charge in [-0.05, 0) is 41.7 Å². The van der Waals surface area contributed by atoms with Crippen LogP contribution in [0.3, 0.4) is 0 Å². The van der Waals surface area contributed by atoms with Crippen LogP contribution in [0.25, 0.3) is 0 Å². The van der Waals surface area contributed by atoms with Crippen molar-refractivity contribution < 1.29 is 23.8 Å². The summed E-state index contributed by atoms with van der Waals surface area (Å²) >= 11 is 1.43. The highest BCUT2D eigenvalue weighted by Crippen LogP contribution is 2.46. The molecule has 188 valence electrons. The van der Waals surface area contributed by atoms with Gasteiger partial charge in [-0.15, -0.1) is 0 Å². The number of methoxy groups -OCH3 is 3. The molecule has 0 unspecified atom stereocenters. The molecule has 1 N–H and O–H groups in total. The van der Waals surface area contributed by atoms with E-state index in [1.54, 1.807) is 26.5 Å². The summed E-state index contributed by atoms with van der Waals surface area (Å²) in [6.45, 7) is 2.27. The van der Waals surface area contributed by atoms with Crippen LogP contribution in [0, 0.1) is 0 Å². The number of amidine groups is 1. The minimum absolute atomic E-state index is 0.110. The fraction of sp³-hybridized carbons (Fsp3) is 0.308. The Morgan fingerprint density at radius 3 is 2.58 bits per heavy atom. The lowest BCUT2D eigenvalue weighted by Gasteiger charge is -2.36. The maximum absolute atomic E-state index is 13.0. The van der Waals surface area contributed by atoms with Gasteiger partial charge < -0.3 is 24.4 Å². The number of allylic oxidation sites excluding steroid dienone is 1. The van der Waals surface area contributed by atoms with E-state index in [2.05, 4.69) is 10.3 Å². The Morgan fingerprint density at radius 2 is 1.92 bits per heavy atom. The maximum Gasteiger partial charge on any atom is 0.338 e. The normalized spacial score (nSPS) is 16.7. The number of nitrogens with one attached hydrogen (secondary N) is 1. The summed E-state index contributed by atoms with van der Waals surface area (Å²) in [6, 6.07) is 10.5. The molecule has 1 aromatic heterocycles. The van der Waals surface area contributed by atoms with Gasteiger partial charge in [0.25, 0.3) is 0 Å². The van der Waals surface area contributed by atoms with Gasteiger partial charge in [0.05, 0.1) is 57.3 Å². The highest BCUT2D eigenvalue weighted by molar-refractivity contribution is 8.16. The van der Waals surface area contributed by atoms with E-state index in [0.717, 1.165) is 17.0 Å². The van der Waals surface area contributed by atoms with E-state index in [9.17, 15) is 9.59 Å². The van der Waals surface area contributed by atoms with Gasteiger partial charge in [-0.3, -0.25) is 9.78 Å². The molecule has 0 fully saturated rings. The second-order valence-electron chi connectivity index (χ2n) is 7.99. The maximum atomic E-state index is 13.0. The monoisotopic (exact) mass is 508 g/mol. The minimum Gasteiger partial charge on any atom is -0.493 e. The largest absolute Gasteiger partial charge is 0.493 e. The topological polar surface area (TPSA) is 102 Å². The van der Waals surface area contributed by atoms with Crippen molar-refractivity contribution in [3.63, 3.8) is 0 Å². The first-order chi connectivity index (χ1) is 17.5. The molecule has 2 aliphatic rings. The molecule has 0 spiro atoms. The number of carbonyl (C=O) groups excluding carboxylic acids is 2. The van der Waals surface area contributed by atoms with E-state index in [-0.39, 0.29) is 12.3 Å². The number of esters is 1. The van der Waals surface area contributed by atoms with E-state index >= 15 is 0 Å². The zero-order valence-corrected chi connectivity index (χ0v) is 21.4. The highest BCUT2D eigenvalue weighted by atomic mass is 32.2. The Kier molecular flexibility index (Phi) is 7.94. The quantitative estimate of drug-likeness (QED) is 0.508. The van der Waals surface area contributed by atoms with E-state index in [0.29, 0.717) is 40.9 Å². The molecule has 0 aliphatic carbocycles. The van der Waals surface area contributed by atoms with Crippen LogP contribution in [0.5, 0.6) is 11.5 Å². The van der Waals surface area contributed by atoms with Crippen LogP contribution in [0.2, 0.25) is 0 Å². The number of aromatic nitrogens is 1. The zero-order chi connectivity index (χ0) is 25.7. The third kappa shape index (κ3) is 5.08. The lowest BCUT2D eigenvalue weighted by molar-refractivity contribution is -0.136. The first-order valence-corrected chi connectivity index (χ1v) is 12.3. The number of hydrogen-bond acceptors (Lipinski definition) is 9. The molecule has 0 saturated heterocycles. The molecule has 0 bridgehead atoms. The highest BCUT2D eigenvalue weighted by Gasteiger charge is 2.41. The van der Waals surface area contributed by atoms with Gasteiger partial charge in [-0.2, -0.15) is 0 Å². The van der Waals surface area contributed by atoms with Crippen LogP contribution < -0.4 is 14.8 Å². The van der Waals surface area contributed by atoms with E-state index < -0.39 is 12.0 Å². The molecule has 1 atom stereocenters. The smallest absolute Gasteiger partial charge is 0.338 e. The Balaban J connectivity index is 1.68. The molecular formula is C26H28N4O5S. The Hall–Kier alpha value is -3.79. The van der Waals surface area contributed by atoms with Crippen molar-refractivity contribution in [1.82, 2.24) is 15.2 Å². The Labute approximate surface area is 214 Å². The van der Waals surface area contributed by atoms with Gasteiger partial charge in [0.1, 0.15) is 0 Å². The SMILES string of the molecule is CCC1=C(C(=O)OC)[C@@H](c2ccc(OC)c(OC)c2)N2C(CC(=O)NCc3ccccn3)=CSC2=N1. The van der Waals surface area contributed by atoms with Crippen molar-refractivity contribution in [2.45, 2.75) is 32.4 Å². The second kappa shape index (κ2) is 11.3. The van der Waals surface area contributed by atoms with Crippen LogP contribution in [-0.2, 0) is 20.9 Å². The second-order valence-corrected chi connectivity index (χ2v) is 8.83. The summed E-state index contributed by atoms with van der Waals surface area (Å²) in [6.07, 6.45) is 2.35. The van der Waals surface area contributed by atoms with E-state index in [1.165, 1.54) is 18.9 Å². The van der Waals surface area contributed by atoms with Crippen molar-refractivity contribution in [3.05, 3.63) is 76.2 Å². The summed E-state index contributed by atoms with van der Waals surface area (Å²) in [5, 5.41) is 5.52. The number of pyridine rings is 1. The zero-order valence-electron chi connectivity index (χ0n) is 20.6. The predicted octanol–water partition coefficient (Wildman–Crippen LogP) is 3.94. The number of aliphatic imine (C=N–C) groups is 1. The third-order valence-electron chi connectivity index (χ3n) is 5.89. The number of nitrogens with zero attached hydrogens (tertiary/aromatic N) is 3. The summed E-state index contributed by atoms with van der Waals surface area (Å²) < 4.78 is 16.1. The summed E-state index contributed by atoms with van der Waals surface area (Å²) in [4.78, 5) is 36.8. The van der Waals surface area contributed by atoms with Gasteiger partial charge >= 0.3 is 5.97 Å². The summed E-state index contributed by atoms with van der Waals surface area (Å²) in [7, 11) is 4.49. The number of carbonyl (C=O) groups is 2. The van der Waals surface area contributed by atoms with E-state index in [1.807, 2.05) is 47.6 Å². The molecule has 9 nitrogen and oxygen atoms in total. The van der Waals surface area contributed by atoms with Crippen molar-refractivity contribution >= 4 is 28.8 Å². The molecule has 2 aliphatic heterocycles. The molecule has 36 heavy (non-hydrogen) atoms. The lowest BCUT2D eigenvalue weighted by Crippen LogP contribution is -2.38. The molecule has 2 aromatic rings. The summed E-state index contributed by atoms with van der Waals surface area (Å²) in [5.74, 6) is 0.479. The third-order valence-corrected chi connectivity index (χ3v) is 6.78. The molecule has 1 amide bonds. The van der Waals surface area contributed by atoms with Gasteiger partial charge in [0.15, 0.2) is 16.7 Å². The van der Waals surface area contributed by atoms with Crippen LogP contribution in [0.15, 0.2) is 70.0 Å². The summed E-state index contributed by atoms with van der Waals surface area (Å²) in [5.41, 5.74) is 3.36. The van der Waals surface area contributed by atoms with Crippen LogP contribution in [0.4, 0.5) is 0 Å². The van der Waals surface area contributed by atoms with Crippen molar-refractivity contribution in [2.24, 2.45) is 4.99 Å². The lowest BCUT2D eigenvalue weighted by atomic mass is 9.92. The van der Waals surface area contributed by atoms with Gasteiger partial charge in [0, 0.05) is 11.9 Å². The standard InChI is InChI=1S/C26H28N4O5S/c1-5-19-23(25(32)35-4)24(16-9-10-20(33-2)21(12-16)34-3)30-18(15-36-26(30)29-19)13-22(31)28-14-17-8-6-7-11-27-17/h6-12,15,24H,5,13-14H2,1-4H3,(H,28,31)/t24-/m1/s1. The molecule has 0 saturated carbocycles. The number of ether oxygens (including phenoxy) is 3. The van der Waals surface area contributed by atoms with Crippen molar-refractivity contribution in [1.29, 1.82) is 0 Å². The molecular weight excluding hydrogens is 480 g/mol. The Morgan fingerprint density at radius 1 is 1.11 bits per heavy atom. The fourth-order valence-corrected chi connectivity index (χ4v) is 5.11. The number of benzene rings is 1. The molecule has 1 aromatic carbocycles. The Bertz CT molecular complexity index is 1240. The fourth-order valence-electron chi connectivity index (χ4n) is 4.17. The number of amides is 1. The van der Waals surface area contributed by atoms with E-state index in [4.69, 9.17) is 19.2 Å². The number of hydrogen-bond donors (Lipinski definition) is 1. The average molecular weight is 509 g/mol. The number of rotatable bonds is 9. The van der Waals surface area contributed by atoms with Crippen LogP contribution in [0.1, 0.15) is 37.1 Å². The van der Waals surface area contributed by atoms with Crippen LogP contribution in [-0.4, -0.2) is 48.3 Å². The average Bonchev–Trinajstić information content (AvgIpc) is 3.32. The van der Waals surface area contributed by atoms with Crippen molar-refractivity contribution in [3.8, 4) is 11.5 Å². The number of fused-ring (bicyclic) bond motifs is 1. The number of thioether (sulfide) groups is 1. The first kappa shape index (κ1) is 25.3. The molecule has 4 rings (SSSR count). The first-order valence-electron chi connectivity index (χ1n) is 11.4. The van der Waals surface area contributed by atoms with Gasteiger partial charge in [-0.1, -0.05) is 30.8 Å². The molecule has 10 heteroatoms. The van der Waals surface area contributed by atoms with Crippen molar-refractivity contribution in [2.75, 3.05) is 21.3 Å². The predicted molar refractivity (Wildman–Crippen MR) is 137 cm³/mol. The molecule has 0 radical (unpaired) electrons. The minimum atomic E-state index is -0.551. The van der Waals surface area contributed by atoms with Gasteiger partial charge in [-0.25, -0.2) is 9.79 Å². The van der Waals surface area contributed by atoms with Crippen LogP contribution >= 0.6 is 11.8 Å².